The predicted molar refractivity (Wildman–Crippen MR) is 75.0 cm³/mol. The molecule has 18 heavy (non-hydrogen) atoms. The Morgan fingerprint density at radius 2 is 2.06 bits per heavy atom. The van der Waals surface area contributed by atoms with E-state index in [4.69, 9.17) is 0 Å². The van der Waals surface area contributed by atoms with Crippen LogP contribution in [0.4, 0.5) is 0 Å². The van der Waals surface area contributed by atoms with Crippen molar-refractivity contribution in [2.24, 2.45) is 0 Å². The minimum atomic E-state index is 0.125. The summed E-state index contributed by atoms with van der Waals surface area (Å²) in [4.78, 5) is 11.8. The van der Waals surface area contributed by atoms with Gasteiger partial charge in [-0.25, -0.2) is 0 Å². The summed E-state index contributed by atoms with van der Waals surface area (Å²) in [5.41, 5.74) is 0. The molecule has 0 bridgehead atoms. The highest BCUT2D eigenvalue weighted by molar-refractivity contribution is 8.01. The van der Waals surface area contributed by atoms with E-state index in [1.165, 1.54) is 48.8 Å². The number of thioether (sulfide) groups is 1. The Kier molecular flexibility index (Phi) is 5.44. The maximum Gasteiger partial charge on any atom is 0.230 e. The number of aryl methyl sites for hydroxylation is 1. The molecule has 1 aliphatic carbocycles. The van der Waals surface area contributed by atoms with Crippen LogP contribution < -0.4 is 5.32 Å². The minimum Gasteiger partial charge on any atom is -0.353 e. The molecule has 6 heteroatoms. The molecule has 0 unspecified atom stereocenters. The van der Waals surface area contributed by atoms with E-state index >= 15 is 0 Å². The van der Waals surface area contributed by atoms with Crippen LogP contribution in [0.15, 0.2) is 4.34 Å². The molecule has 1 aromatic heterocycles. The first-order valence-corrected chi connectivity index (χ1v) is 8.26. The van der Waals surface area contributed by atoms with Crippen molar-refractivity contribution in [3.8, 4) is 0 Å². The fraction of sp³-hybridized carbons (Fsp3) is 0.750. The van der Waals surface area contributed by atoms with Crippen LogP contribution in [0.2, 0.25) is 0 Å². The molecule has 1 aliphatic rings. The molecule has 1 amide bonds. The average molecular weight is 285 g/mol. The van der Waals surface area contributed by atoms with E-state index in [0.29, 0.717) is 11.8 Å². The minimum absolute atomic E-state index is 0.125. The molecule has 0 radical (unpaired) electrons. The van der Waals surface area contributed by atoms with Crippen molar-refractivity contribution >= 4 is 29.0 Å². The summed E-state index contributed by atoms with van der Waals surface area (Å²) < 4.78 is 0.878. The average Bonchev–Trinajstić information content (AvgIpc) is 2.60. The monoisotopic (exact) mass is 285 g/mol. The zero-order chi connectivity index (χ0) is 12.8. The van der Waals surface area contributed by atoms with Gasteiger partial charge in [0.2, 0.25) is 5.91 Å². The highest BCUT2D eigenvalue weighted by atomic mass is 32.2. The van der Waals surface area contributed by atoms with E-state index in [0.717, 1.165) is 22.2 Å². The third-order valence-electron chi connectivity index (χ3n) is 3.05. The van der Waals surface area contributed by atoms with Crippen LogP contribution in [-0.4, -0.2) is 27.9 Å². The molecule has 2 rings (SSSR count). The molecule has 0 atom stereocenters. The molecular weight excluding hydrogens is 266 g/mol. The second-order valence-electron chi connectivity index (χ2n) is 4.63. The van der Waals surface area contributed by atoms with Crippen molar-refractivity contribution in [1.29, 1.82) is 0 Å². The molecule has 0 aromatic carbocycles. The summed E-state index contributed by atoms with van der Waals surface area (Å²) in [6.07, 6.45) is 7.38. The first-order valence-electron chi connectivity index (χ1n) is 6.46. The van der Waals surface area contributed by atoms with Gasteiger partial charge in [-0.2, -0.15) is 0 Å². The van der Waals surface area contributed by atoms with Gasteiger partial charge >= 0.3 is 0 Å². The normalized spacial score (nSPS) is 17.4. The number of carbonyl (C=O) groups is 1. The molecule has 1 saturated carbocycles. The number of carbonyl (C=O) groups excluding carboxylic acids is 1. The Bertz CT molecular complexity index is 386. The largest absolute Gasteiger partial charge is 0.353 e. The Morgan fingerprint density at radius 1 is 1.33 bits per heavy atom. The van der Waals surface area contributed by atoms with Crippen LogP contribution in [-0.2, 0) is 4.79 Å². The molecule has 1 aromatic rings. The fourth-order valence-electron chi connectivity index (χ4n) is 2.16. The third-order valence-corrected chi connectivity index (χ3v) is 5.03. The Labute approximate surface area is 116 Å². The number of amides is 1. The van der Waals surface area contributed by atoms with Gasteiger partial charge in [-0.05, 0) is 19.8 Å². The first kappa shape index (κ1) is 13.8. The van der Waals surface area contributed by atoms with Crippen molar-refractivity contribution in [2.75, 3.05) is 5.75 Å². The van der Waals surface area contributed by atoms with E-state index in [1.54, 1.807) is 0 Å². The highest BCUT2D eigenvalue weighted by Gasteiger charge is 2.15. The van der Waals surface area contributed by atoms with Gasteiger partial charge < -0.3 is 5.32 Å². The lowest BCUT2D eigenvalue weighted by atomic mass is 10.1. The summed E-state index contributed by atoms with van der Waals surface area (Å²) in [5, 5.41) is 12.0. The Balaban J connectivity index is 1.71. The first-order chi connectivity index (χ1) is 8.74. The topological polar surface area (TPSA) is 54.9 Å². The molecule has 1 fully saturated rings. The van der Waals surface area contributed by atoms with Crippen LogP contribution in [0.5, 0.6) is 0 Å². The standard InChI is InChI=1S/C12H19N3OS2/c1-9-14-15-12(18-9)17-8-11(16)13-10-6-4-2-3-5-7-10/h10H,2-8H2,1H3,(H,13,16). The SMILES string of the molecule is Cc1nnc(SCC(=O)NC2CCCCCC2)s1. The number of aromatic nitrogens is 2. The van der Waals surface area contributed by atoms with Crippen molar-refractivity contribution in [3.05, 3.63) is 5.01 Å². The number of hydrogen-bond donors (Lipinski definition) is 1. The summed E-state index contributed by atoms with van der Waals surface area (Å²) in [6.45, 7) is 1.92. The Morgan fingerprint density at radius 3 is 2.67 bits per heavy atom. The molecular formula is C12H19N3OS2. The maximum atomic E-state index is 11.8. The van der Waals surface area contributed by atoms with E-state index in [2.05, 4.69) is 15.5 Å². The van der Waals surface area contributed by atoms with Gasteiger partial charge in [-0.15, -0.1) is 10.2 Å². The predicted octanol–water partition coefficient (Wildman–Crippen LogP) is 2.78. The zero-order valence-corrected chi connectivity index (χ0v) is 12.3. The van der Waals surface area contributed by atoms with Gasteiger partial charge in [-0.1, -0.05) is 48.8 Å². The van der Waals surface area contributed by atoms with Gasteiger partial charge in [-0.3, -0.25) is 4.79 Å². The van der Waals surface area contributed by atoms with E-state index in [9.17, 15) is 4.79 Å². The van der Waals surface area contributed by atoms with E-state index in [-0.39, 0.29) is 5.91 Å². The van der Waals surface area contributed by atoms with E-state index in [1.807, 2.05) is 6.92 Å². The van der Waals surface area contributed by atoms with E-state index < -0.39 is 0 Å². The number of nitrogens with zero attached hydrogens (tertiary/aromatic N) is 2. The van der Waals surface area contributed by atoms with Gasteiger partial charge in [0.1, 0.15) is 5.01 Å². The highest BCUT2D eigenvalue weighted by Crippen LogP contribution is 2.22. The van der Waals surface area contributed by atoms with Crippen molar-refractivity contribution < 1.29 is 4.79 Å². The number of hydrogen-bond acceptors (Lipinski definition) is 5. The van der Waals surface area contributed by atoms with Crippen LogP contribution in [0.1, 0.15) is 43.5 Å². The lowest BCUT2D eigenvalue weighted by molar-refractivity contribution is -0.119. The lowest BCUT2D eigenvalue weighted by Gasteiger charge is -2.15. The zero-order valence-electron chi connectivity index (χ0n) is 10.6. The summed E-state index contributed by atoms with van der Waals surface area (Å²) in [6, 6.07) is 0.386. The van der Waals surface area contributed by atoms with Gasteiger partial charge in [0.25, 0.3) is 0 Å². The molecule has 0 saturated heterocycles. The van der Waals surface area contributed by atoms with Gasteiger partial charge in [0.05, 0.1) is 5.75 Å². The molecule has 100 valence electrons. The van der Waals surface area contributed by atoms with Crippen LogP contribution in [0, 0.1) is 6.92 Å². The Hall–Kier alpha value is -0.620. The van der Waals surface area contributed by atoms with Crippen molar-refractivity contribution in [2.45, 2.75) is 55.8 Å². The maximum absolute atomic E-state index is 11.8. The lowest BCUT2D eigenvalue weighted by Crippen LogP contribution is -2.35. The molecule has 4 nitrogen and oxygen atoms in total. The molecule has 0 aliphatic heterocycles. The molecule has 1 heterocycles. The summed E-state index contributed by atoms with van der Waals surface area (Å²) >= 11 is 3.02. The van der Waals surface area contributed by atoms with Gasteiger partial charge in [0, 0.05) is 6.04 Å². The van der Waals surface area contributed by atoms with Crippen LogP contribution in [0.25, 0.3) is 0 Å². The molecule has 1 N–H and O–H groups in total. The van der Waals surface area contributed by atoms with Crippen LogP contribution >= 0.6 is 23.1 Å². The molecule has 0 spiro atoms. The smallest absolute Gasteiger partial charge is 0.230 e. The second-order valence-corrected chi connectivity index (χ2v) is 7.04. The fourth-order valence-corrected chi connectivity index (χ4v) is 3.78. The third kappa shape index (κ3) is 4.57. The second kappa shape index (κ2) is 7.09. The van der Waals surface area contributed by atoms with Crippen LogP contribution in [0.3, 0.4) is 0 Å². The van der Waals surface area contributed by atoms with Crippen molar-refractivity contribution in [1.82, 2.24) is 15.5 Å². The summed E-state index contributed by atoms with van der Waals surface area (Å²) in [7, 11) is 0. The number of rotatable bonds is 4. The summed E-state index contributed by atoms with van der Waals surface area (Å²) in [5.74, 6) is 0.574. The quantitative estimate of drug-likeness (QED) is 0.682. The van der Waals surface area contributed by atoms with Gasteiger partial charge in [0.15, 0.2) is 4.34 Å². The number of nitrogens with one attached hydrogen (secondary N) is 1. The van der Waals surface area contributed by atoms with Crippen molar-refractivity contribution in [3.63, 3.8) is 0 Å².